The third-order valence-corrected chi connectivity index (χ3v) is 6.15. The van der Waals surface area contributed by atoms with Crippen molar-refractivity contribution >= 4 is 35.1 Å². The Hall–Kier alpha value is -2.87. The van der Waals surface area contributed by atoms with E-state index < -0.39 is 30.0 Å². The third-order valence-electron chi connectivity index (χ3n) is 5.98. The number of aromatic nitrogens is 6. The quantitative estimate of drug-likeness (QED) is 0.369. The Morgan fingerprint density at radius 2 is 2.03 bits per heavy atom. The summed E-state index contributed by atoms with van der Waals surface area (Å²) < 4.78 is 24.0. The third kappa shape index (κ3) is 4.56. The van der Waals surface area contributed by atoms with Crippen LogP contribution in [0, 0.1) is 0 Å². The molecule has 2 N–H and O–H groups in total. The molecule has 13 nitrogen and oxygen atoms in total. The summed E-state index contributed by atoms with van der Waals surface area (Å²) in [5.74, 6) is 0.944. The number of carbonyl (C=O) groups excluding carboxylic acids is 1. The van der Waals surface area contributed by atoms with Gasteiger partial charge in [0, 0.05) is 24.7 Å². The van der Waals surface area contributed by atoms with Crippen molar-refractivity contribution in [1.82, 2.24) is 29.7 Å². The maximum absolute atomic E-state index is 11.2. The normalized spacial score (nSPS) is 25.7. The van der Waals surface area contributed by atoms with Crippen molar-refractivity contribution in [3.8, 4) is 0 Å². The molecule has 5 heterocycles. The molecule has 0 aliphatic carbocycles. The highest BCUT2D eigenvalue weighted by Gasteiger charge is 2.50. The standard InChI is InChI=1S/C21H26ClN7O6/c1-21(2,3)19-28-27-17(35-19)14-13(33-9-30)12(31)18(34-14)29-8-23-11-15(25-20(22)26-16(11)29)24-10-4-6-32-7-5-10/h8-10,12-14,18,31H,4-7H2,1-3H3,(H,24,25,26)/t12-,13+,14+,18-/m1/s1. The van der Waals surface area contributed by atoms with E-state index in [4.69, 9.17) is 30.2 Å². The molecule has 0 amide bonds. The zero-order valence-electron chi connectivity index (χ0n) is 19.4. The van der Waals surface area contributed by atoms with Crippen LogP contribution in [0.2, 0.25) is 5.28 Å². The first-order valence-corrected chi connectivity index (χ1v) is 11.6. The number of hydrogen-bond acceptors (Lipinski definition) is 12. The van der Waals surface area contributed by atoms with Gasteiger partial charge in [-0.2, -0.15) is 9.97 Å². The minimum Gasteiger partial charge on any atom is -0.458 e. The van der Waals surface area contributed by atoms with Gasteiger partial charge in [0.2, 0.25) is 17.1 Å². The topological polar surface area (TPSA) is 160 Å². The molecule has 0 saturated carbocycles. The molecule has 2 fully saturated rings. The number of halogens is 1. The van der Waals surface area contributed by atoms with Crippen molar-refractivity contribution in [2.75, 3.05) is 18.5 Å². The highest BCUT2D eigenvalue weighted by molar-refractivity contribution is 6.28. The summed E-state index contributed by atoms with van der Waals surface area (Å²) in [6.45, 7) is 7.32. The molecule has 0 aromatic carbocycles. The fraction of sp³-hybridized carbons (Fsp3) is 0.619. The maximum atomic E-state index is 11.2. The molecule has 14 heteroatoms. The van der Waals surface area contributed by atoms with Crippen LogP contribution in [-0.4, -0.2) is 72.8 Å². The summed E-state index contributed by atoms with van der Waals surface area (Å²) >= 11 is 6.23. The van der Waals surface area contributed by atoms with Gasteiger partial charge in [0.15, 0.2) is 35.4 Å². The molecule has 5 rings (SSSR count). The molecule has 3 aromatic rings. The van der Waals surface area contributed by atoms with E-state index in [2.05, 4.69) is 30.5 Å². The average Bonchev–Trinajstić information content (AvgIpc) is 3.53. The van der Waals surface area contributed by atoms with Crippen LogP contribution < -0.4 is 5.32 Å². The minimum absolute atomic E-state index is 0.00487. The molecule has 0 unspecified atom stereocenters. The highest BCUT2D eigenvalue weighted by atomic mass is 35.5. The monoisotopic (exact) mass is 507 g/mol. The van der Waals surface area contributed by atoms with Crippen molar-refractivity contribution < 1.29 is 28.5 Å². The van der Waals surface area contributed by atoms with Gasteiger partial charge in [-0.15, -0.1) is 10.2 Å². The van der Waals surface area contributed by atoms with Crippen LogP contribution in [-0.2, 0) is 24.4 Å². The van der Waals surface area contributed by atoms with Crippen LogP contribution in [0.15, 0.2) is 10.7 Å². The van der Waals surface area contributed by atoms with Gasteiger partial charge >= 0.3 is 0 Å². The van der Waals surface area contributed by atoms with E-state index >= 15 is 0 Å². The molecule has 0 spiro atoms. The number of carbonyl (C=O) groups is 1. The van der Waals surface area contributed by atoms with E-state index in [0.29, 0.717) is 36.1 Å². The van der Waals surface area contributed by atoms with Crippen molar-refractivity contribution in [1.29, 1.82) is 0 Å². The van der Waals surface area contributed by atoms with Crippen LogP contribution in [0.5, 0.6) is 0 Å². The van der Waals surface area contributed by atoms with Crippen LogP contribution in [0.4, 0.5) is 5.82 Å². The summed E-state index contributed by atoms with van der Waals surface area (Å²) in [4.78, 5) is 24.3. The lowest BCUT2D eigenvalue weighted by molar-refractivity contribution is -0.140. The van der Waals surface area contributed by atoms with Crippen molar-refractivity contribution in [2.45, 2.75) is 69.6 Å². The molecular weight excluding hydrogens is 482 g/mol. The number of nitrogens with one attached hydrogen (secondary N) is 1. The second-order valence-corrected chi connectivity index (χ2v) is 9.86. The van der Waals surface area contributed by atoms with Gasteiger partial charge < -0.3 is 29.1 Å². The second kappa shape index (κ2) is 9.30. The molecule has 2 aliphatic rings. The minimum atomic E-state index is -1.28. The zero-order chi connectivity index (χ0) is 24.7. The lowest BCUT2D eigenvalue weighted by Gasteiger charge is -2.23. The van der Waals surface area contributed by atoms with Gasteiger partial charge in [0.1, 0.15) is 6.10 Å². The number of rotatable bonds is 6. The summed E-state index contributed by atoms with van der Waals surface area (Å²) in [6.07, 6.45) is -1.30. The molecule has 2 saturated heterocycles. The number of anilines is 1. The molecule has 35 heavy (non-hydrogen) atoms. The van der Waals surface area contributed by atoms with E-state index in [-0.39, 0.29) is 23.7 Å². The van der Waals surface area contributed by atoms with Crippen molar-refractivity contribution in [2.24, 2.45) is 0 Å². The van der Waals surface area contributed by atoms with Gasteiger partial charge in [0.25, 0.3) is 6.47 Å². The second-order valence-electron chi connectivity index (χ2n) is 9.53. The SMILES string of the molecule is CC(C)(C)c1nnc([C@H]2O[C@@H](n3cnc4c(NC5CCOCC5)nc(Cl)nc43)[C@H](O)[C@@H]2OC=O)o1. The molecule has 4 atom stereocenters. The summed E-state index contributed by atoms with van der Waals surface area (Å²) in [7, 11) is 0. The molecule has 188 valence electrons. The van der Waals surface area contributed by atoms with Gasteiger partial charge in [-0.1, -0.05) is 20.8 Å². The predicted octanol–water partition coefficient (Wildman–Crippen LogP) is 1.92. The van der Waals surface area contributed by atoms with Gasteiger partial charge in [-0.25, -0.2) is 4.98 Å². The van der Waals surface area contributed by atoms with E-state index in [1.807, 2.05) is 20.8 Å². The molecule has 3 aromatic heterocycles. The van der Waals surface area contributed by atoms with Crippen LogP contribution in [0.25, 0.3) is 11.2 Å². The van der Waals surface area contributed by atoms with E-state index in [9.17, 15) is 9.90 Å². The fourth-order valence-corrected chi connectivity index (χ4v) is 4.32. The number of aliphatic hydroxyl groups excluding tert-OH is 1. The van der Waals surface area contributed by atoms with E-state index in [0.717, 1.165) is 12.8 Å². The lowest BCUT2D eigenvalue weighted by atomic mass is 9.97. The molecule has 0 bridgehead atoms. The highest BCUT2D eigenvalue weighted by Crippen LogP contribution is 2.41. The Morgan fingerprint density at radius 1 is 1.26 bits per heavy atom. The van der Waals surface area contributed by atoms with Crippen LogP contribution >= 0.6 is 11.6 Å². The van der Waals surface area contributed by atoms with Crippen LogP contribution in [0.1, 0.15) is 57.7 Å². The largest absolute Gasteiger partial charge is 0.458 e. The van der Waals surface area contributed by atoms with Crippen molar-refractivity contribution in [3.05, 3.63) is 23.4 Å². The molecular formula is C21H26ClN7O6. The first kappa shape index (κ1) is 23.9. The Bertz CT molecular complexity index is 1200. The Labute approximate surface area is 205 Å². The van der Waals surface area contributed by atoms with Crippen LogP contribution in [0.3, 0.4) is 0 Å². The number of fused-ring (bicyclic) bond motifs is 1. The number of imidazole rings is 1. The fourth-order valence-electron chi connectivity index (χ4n) is 4.16. The summed E-state index contributed by atoms with van der Waals surface area (Å²) in [6, 6.07) is 0.153. The summed E-state index contributed by atoms with van der Waals surface area (Å²) in [5, 5.41) is 22.6. The first-order valence-electron chi connectivity index (χ1n) is 11.3. The van der Waals surface area contributed by atoms with E-state index in [1.165, 1.54) is 10.9 Å². The Balaban J connectivity index is 1.48. The van der Waals surface area contributed by atoms with Crippen molar-refractivity contribution in [3.63, 3.8) is 0 Å². The van der Waals surface area contributed by atoms with Gasteiger partial charge in [0.05, 0.1) is 6.33 Å². The Kier molecular flexibility index (Phi) is 6.34. The lowest BCUT2D eigenvalue weighted by Crippen LogP contribution is -2.31. The zero-order valence-corrected chi connectivity index (χ0v) is 20.2. The number of aliphatic hydroxyl groups is 1. The van der Waals surface area contributed by atoms with Gasteiger partial charge in [-0.3, -0.25) is 9.36 Å². The van der Waals surface area contributed by atoms with E-state index in [1.54, 1.807) is 0 Å². The summed E-state index contributed by atoms with van der Waals surface area (Å²) in [5.41, 5.74) is 0.404. The average molecular weight is 508 g/mol. The number of nitrogens with zero attached hydrogens (tertiary/aromatic N) is 6. The predicted molar refractivity (Wildman–Crippen MR) is 121 cm³/mol. The molecule has 2 aliphatic heterocycles. The Morgan fingerprint density at radius 3 is 2.71 bits per heavy atom. The number of hydrogen-bond donors (Lipinski definition) is 2. The van der Waals surface area contributed by atoms with Gasteiger partial charge in [-0.05, 0) is 24.4 Å². The number of ether oxygens (including phenoxy) is 3. The first-order chi connectivity index (χ1) is 16.8. The maximum Gasteiger partial charge on any atom is 0.293 e. The smallest absolute Gasteiger partial charge is 0.293 e. The molecule has 0 radical (unpaired) electrons.